The van der Waals surface area contributed by atoms with Crippen LogP contribution in [0.1, 0.15) is 12.0 Å². The topological polar surface area (TPSA) is 78.6 Å². The minimum atomic E-state index is -0.677. The highest BCUT2D eigenvalue weighted by atomic mass is 16.3. The van der Waals surface area contributed by atoms with Crippen LogP contribution in [-0.4, -0.2) is 37.3 Å². The van der Waals surface area contributed by atoms with Crippen molar-refractivity contribution in [2.24, 2.45) is 5.73 Å². The first-order valence-electron chi connectivity index (χ1n) is 6.15. The SMILES string of the molecule is CNc1ccc2c(c1)CCC(=O)N2CC(O)CN. The normalized spacial score (nSPS) is 16.4. The van der Waals surface area contributed by atoms with Crippen molar-refractivity contribution in [2.45, 2.75) is 18.9 Å². The van der Waals surface area contributed by atoms with Gasteiger partial charge in [0.2, 0.25) is 5.91 Å². The number of anilines is 2. The number of rotatable bonds is 4. The van der Waals surface area contributed by atoms with Gasteiger partial charge in [0.15, 0.2) is 0 Å². The molecule has 0 bridgehead atoms. The second kappa shape index (κ2) is 5.37. The van der Waals surface area contributed by atoms with E-state index < -0.39 is 6.10 Å². The fourth-order valence-electron chi connectivity index (χ4n) is 2.20. The van der Waals surface area contributed by atoms with Gasteiger partial charge in [0.05, 0.1) is 12.6 Å². The summed E-state index contributed by atoms with van der Waals surface area (Å²) < 4.78 is 0. The van der Waals surface area contributed by atoms with Gasteiger partial charge in [-0.25, -0.2) is 0 Å². The van der Waals surface area contributed by atoms with E-state index in [1.807, 2.05) is 25.2 Å². The molecule has 1 aliphatic heterocycles. The molecule has 0 radical (unpaired) electrons. The van der Waals surface area contributed by atoms with Gasteiger partial charge in [-0.3, -0.25) is 4.79 Å². The van der Waals surface area contributed by atoms with Crippen LogP contribution in [0.5, 0.6) is 0 Å². The number of β-amino-alcohol motifs (C(OH)–C–C–N with tert-alkyl or cyclic N) is 1. The van der Waals surface area contributed by atoms with Crippen molar-refractivity contribution in [3.05, 3.63) is 23.8 Å². The number of nitrogens with zero attached hydrogens (tertiary/aromatic N) is 1. The molecule has 1 aromatic carbocycles. The van der Waals surface area contributed by atoms with Crippen LogP contribution in [0.3, 0.4) is 0 Å². The van der Waals surface area contributed by atoms with Gasteiger partial charge in [0.1, 0.15) is 0 Å². The second-order valence-electron chi connectivity index (χ2n) is 4.49. The van der Waals surface area contributed by atoms with Gasteiger partial charge in [-0.05, 0) is 30.2 Å². The summed E-state index contributed by atoms with van der Waals surface area (Å²) in [7, 11) is 1.87. The monoisotopic (exact) mass is 249 g/mol. The predicted octanol–water partition coefficient (Wildman–Crippen LogP) is 0.327. The molecule has 5 heteroatoms. The number of carbonyl (C=O) groups excluding carboxylic acids is 1. The molecule has 0 saturated carbocycles. The molecule has 1 aliphatic rings. The Morgan fingerprint density at radius 3 is 2.94 bits per heavy atom. The molecule has 0 fully saturated rings. The van der Waals surface area contributed by atoms with Crippen LogP contribution in [0, 0.1) is 0 Å². The molecule has 1 heterocycles. The van der Waals surface area contributed by atoms with Gasteiger partial charge in [-0.2, -0.15) is 0 Å². The highest BCUT2D eigenvalue weighted by molar-refractivity contribution is 5.96. The number of carbonyl (C=O) groups is 1. The Hall–Kier alpha value is -1.59. The Morgan fingerprint density at radius 2 is 2.28 bits per heavy atom. The molecule has 1 amide bonds. The number of aliphatic hydroxyl groups excluding tert-OH is 1. The summed E-state index contributed by atoms with van der Waals surface area (Å²) in [4.78, 5) is 13.6. The summed E-state index contributed by atoms with van der Waals surface area (Å²) in [5.74, 6) is 0.0483. The Morgan fingerprint density at radius 1 is 1.50 bits per heavy atom. The van der Waals surface area contributed by atoms with Crippen LogP contribution in [0.25, 0.3) is 0 Å². The molecule has 5 nitrogen and oxygen atoms in total. The van der Waals surface area contributed by atoms with Gasteiger partial charge >= 0.3 is 0 Å². The van der Waals surface area contributed by atoms with Crippen LogP contribution in [0.4, 0.5) is 11.4 Å². The number of amides is 1. The lowest BCUT2D eigenvalue weighted by Gasteiger charge is -2.31. The number of hydrogen-bond donors (Lipinski definition) is 3. The first-order chi connectivity index (χ1) is 8.65. The minimum absolute atomic E-state index is 0.0483. The van der Waals surface area contributed by atoms with Crippen LogP contribution in [-0.2, 0) is 11.2 Å². The van der Waals surface area contributed by atoms with E-state index in [-0.39, 0.29) is 19.0 Å². The van der Waals surface area contributed by atoms with Crippen LogP contribution < -0.4 is 16.0 Å². The third-order valence-corrected chi connectivity index (χ3v) is 3.23. The lowest BCUT2D eigenvalue weighted by molar-refractivity contribution is -0.119. The highest BCUT2D eigenvalue weighted by Gasteiger charge is 2.25. The van der Waals surface area contributed by atoms with Crippen molar-refractivity contribution in [2.75, 3.05) is 30.4 Å². The Bertz CT molecular complexity index is 448. The second-order valence-corrected chi connectivity index (χ2v) is 4.49. The number of aliphatic hydroxyl groups is 1. The van der Waals surface area contributed by atoms with E-state index in [1.54, 1.807) is 4.90 Å². The number of nitrogens with one attached hydrogen (secondary N) is 1. The molecule has 1 atom stereocenters. The molecule has 2 rings (SSSR count). The van der Waals surface area contributed by atoms with E-state index >= 15 is 0 Å². The van der Waals surface area contributed by atoms with E-state index in [2.05, 4.69) is 5.32 Å². The van der Waals surface area contributed by atoms with Crippen molar-refractivity contribution in [1.29, 1.82) is 0 Å². The average Bonchev–Trinajstić information content (AvgIpc) is 2.41. The van der Waals surface area contributed by atoms with Crippen LogP contribution >= 0.6 is 0 Å². The van der Waals surface area contributed by atoms with Gasteiger partial charge in [0, 0.05) is 31.4 Å². The first-order valence-corrected chi connectivity index (χ1v) is 6.15. The summed E-state index contributed by atoms with van der Waals surface area (Å²) in [6.45, 7) is 0.426. The maximum absolute atomic E-state index is 11.9. The maximum Gasteiger partial charge on any atom is 0.227 e. The fraction of sp³-hybridized carbons (Fsp3) is 0.462. The molecule has 0 spiro atoms. The first kappa shape index (κ1) is 12.9. The zero-order chi connectivity index (χ0) is 13.1. The average molecular weight is 249 g/mol. The molecule has 0 aromatic heterocycles. The zero-order valence-electron chi connectivity index (χ0n) is 10.5. The van der Waals surface area contributed by atoms with E-state index in [9.17, 15) is 9.90 Å². The molecule has 0 saturated heterocycles. The van der Waals surface area contributed by atoms with Crippen molar-refractivity contribution in [1.82, 2.24) is 0 Å². The van der Waals surface area contributed by atoms with Gasteiger partial charge in [-0.15, -0.1) is 0 Å². The molecule has 4 N–H and O–H groups in total. The van der Waals surface area contributed by atoms with Crippen LogP contribution in [0.2, 0.25) is 0 Å². The van der Waals surface area contributed by atoms with Crippen molar-refractivity contribution >= 4 is 17.3 Å². The highest BCUT2D eigenvalue weighted by Crippen LogP contribution is 2.30. The number of nitrogens with two attached hydrogens (primary N) is 1. The van der Waals surface area contributed by atoms with Gasteiger partial charge < -0.3 is 21.1 Å². The summed E-state index contributed by atoms with van der Waals surface area (Å²) in [6.07, 6.45) is 0.556. The standard InChI is InChI=1S/C13H19N3O2/c1-15-10-3-4-12-9(6-10)2-5-13(18)16(12)8-11(17)7-14/h3-4,6,11,15,17H,2,5,7-8,14H2,1H3. The minimum Gasteiger partial charge on any atom is -0.390 e. The van der Waals surface area contributed by atoms with Crippen molar-refractivity contribution in [3.63, 3.8) is 0 Å². The summed E-state index contributed by atoms with van der Waals surface area (Å²) in [6, 6.07) is 5.89. The lowest BCUT2D eigenvalue weighted by Crippen LogP contribution is -2.42. The molecule has 98 valence electrons. The Kier molecular flexibility index (Phi) is 3.84. The van der Waals surface area contributed by atoms with Crippen molar-refractivity contribution < 1.29 is 9.90 Å². The third kappa shape index (κ3) is 2.47. The number of benzene rings is 1. The van der Waals surface area contributed by atoms with Gasteiger partial charge in [-0.1, -0.05) is 0 Å². The molecule has 18 heavy (non-hydrogen) atoms. The maximum atomic E-state index is 11.9. The largest absolute Gasteiger partial charge is 0.390 e. The molecule has 1 unspecified atom stereocenters. The van der Waals surface area contributed by atoms with E-state index in [0.29, 0.717) is 6.42 Å². The number of aryl methyl sites for hydroxylation is 1. The van der Waals surface area contributed by atoms with E-state index in [0.717, 1.165) is 23.4 Å². The zero-order valence-corrected chi connectivity index (χ0v) is 10.5. The summed E-state index contributed by atoms with van der Waals surface area (Å²) in [5, 5.41) is 12.7. The Balaban J connectivity index is 2.29. The van der Waals surface area contributed by atoms with E-state index in [4.69, 9.17) is 5.73 Å². The van der Waals surface area contributed by atoms with E-state index in [1.165, 1.54) is 0 Å². The quantitative estimate of drug-likeness (QED) is 0.718. The number of fused-ring (bicyclic) bond motifs is 1. The lowest BCUT2D eigenvalue weighted by atomic mass is 10.00. The molecule has 1 aromatic rings. The molecule has 0 aliphatic carbocycles. The fourth-order valence-corrected chi connectivity index (χ4v) is 2.20. The smallest absolute Gasteiger partial charge is 0.227 e. The van der Waals surface area contributed by atoms with Crippen molar-refractivity contribution in [3.8, 4) is 0 Å². The number of hydrogen-bond acceptors (Lipinski definition) is 4. The third-order valence-electron chi connectivity index (χ3n) is 3.23. The van der Waals surface area contributed by atoms with Crippen LogP contribution in [0.15, 0.2) is 18.2 Å². The predicted molar refractivity (Wildman–Crippen MR) is 71.7 cm³/mol. The molecular weight excluding hydrogens is 230 g/mol. The summed E-state index contributed by atoms with van der Waals surface area (Å²) >= 11 is 0. The van der Waals surface area contributed by atoms with Gasteiger partial charge in [0.25, 0.3) is 0 Å². The summed E-state index contributed by atoms with van der Waals surface area (Å²) in [5.41, 5.74) is 8.45. The molecular formula is C13H19N3O2. The Labute approximate surface area is 107 Å².